The van der Waals surface area contributed by atoms with Crippen LogP contribution in [0.15, 0.2) is 10.9 Å². The number of fused-ring (bicyclic) bond motifs is 1. The number of unbranched alkanes of at least 4 members (excludes halogenated alkanes) is 1. The number of aromatic nitrogens is 1. The summed E-state index contributed by atoms with van der Waals surface area (Å²) in [4.78, 5) is 15.0. The maximum Gasteiger partial charge on any atom is 0.255 e. The molecule has 0 bridgehead atoms. The van der Waals surface area contributed by atoms with Crippen LogP contribution in [-0.4, -0.2) is 29.6 Å². The average molecular weight is 277 g/mol. The van der Waals surface area contributed by atoms with Crippen LogP contribution in [-0.2, 0) is 26.1 Å². The van der Waals surface area contributed by atoms with Gasteiger partial charge in [0.2, 0.25) is 0 Å². The molecule has 0 aromatic carbocycles. The van der Waals surface area contributed by atoms with Crippen molar-refractivity contribution in [3.63, 3.8) is 0 Å². The Labute approximate surface area is 121 Å². The highest BCUT2D eigenvalue weighted by Crippen LogP contribution is 2.18. The first-order valence-electron chi connectivity index (χ1n) is 7.81. The Morgan fingerprint density at radius 1 is 1.35 bits per heavy atom. The number of likely N-dealkylation sites (N-methyl/N-ethyl adjacent to an activating group) is 1. The summed E-state index contributed by atoms with van der Waals surface area (Å²) >= 11 is 0. The van der Waals surface area contributed by atoms with Gasteiger partial charge in [0.05, 0.1) is 0 Å². The Morgan fingerprint density at radius 3 is 2.85 bits per heavy atom. The van der Waals surface area contributed by atoms with Crippen molar-refractivity contribution in [1.82, 2.24) is 14.8 Å². The summed E-state index contributed by atoms with van der Waals surface area (Å²) < 4.78 is 2.04. The molecule has 4 heteroatoms. The number of hydrogen-bond donors (Lipinski definition) is 1. The van der Waals surface area contributed by atoms with E-state index in [1.54, 1.807) is 0 Å². The smallest absolute Gasteiger partial charge is 0.255 e. The Balaban J connectivity index is 2.40. The molecule has 0 amide bonds. The average Bonchev–Trinajstić information content (AvgIpc) is 2.44. The zero-order chi connectivity index (χ0) is 14.5. The molecule has 1 aromatic rings. The molecule has 2 heterocycles. The summed E-state index contributed by atoms with van der Waals surface area (Å²) in [5.74, 6) is 0. The Kier molecular flexibility index (Phi) is 5.38. The van der Waals surface area contributed by atoms with E-state index in [0.717, 1.165) is 51.0 Å². The molecule has 0 spiro atoms. The molecular weight excluding hydrogens is 250 g/mol. The van der Waals surface area contributed by atoms with E-state index in [9.17, 15) is 4.79 Å². The van der Waals surface area contributed by atoms with Crippen LogP contribution in [0.25, 0.3) is 0 Å². The largest absolute Gasteiger partial charge is 0.313 e. The predicted molar refractivity (Wildman–Crippen MR) is 83.0 cm³/mol. The first-order valence-corrected chi connectivity index (χ1v) is 7.81. The van der Waals surface area contributed by atoms with E-state index in [4.69, 9.17) is 0 Å². The van der Waals surface area contributed by atoms with E-state index >= 15 is 0 Å². The van der Waals surface area contributed by atoms with E-state index in [-0.39, 0.29) is 5.56 Å². The number of rotatable bonds is 6. The summed E-state index contributed by atoms with van der Waals surface area (Å²) in [6.07, 6.45) is 3.19. The van der Waals surface area contributed by atoms with Gasteiger partial charge in [-0.3, -0.25) is 4.79 Å². The van der Waals surface area contributed by atoms with Gasteiger partial charge >= 0.3 is 0 Å². The fourth-order valence-corrected chi connectivity index (χ4v) is 2.86. The molecule has 0 aliphatic carbocycles. The highest BCUT2D eigenvalue weighted by Gasteiger charge is 2.19. The standard InChI is InChI=1S/C16H27N3O/c1-4-6-8-19-15-7-9-18(3)12-14(15)10-13(16(19)20)11-17-5-2/h10,17H,4-9,11-12H2,1-3H3. The molecule has 0 fully saturated rings. The Hall–Kier alpha value is -1.13. The van der Waals surface area contributed by atoms with Crippen LogP contribution in [0, 0.1) is 0 Å². The van der Waals surface area contributed by atoms with Crippen molar-refractivity contribution in [3.05, 3.63) is 33.2 Å². The molecule has 0 radical (unpaired) electrons. The first-order chi connectivity index (χ1) is 9.67. The van der Waals surface area contributed by atoms with E-state index < -0.39 is 0 Å². The second-order valence-corrected chi connectivity index (χ2v) is 5.72. The molecule has 1 aromatic heterocycles. The summed E-state index contributed by atoms with van der Waals surface area (Å²) in [5, 5.41) is 3.28. The number of pyridine rings is 1. The van der Waals surface area contributed by atoms with Crippen molar-refractivity contribution in [2.24, 2.45) is 0 Å². The van der Waals surface area contributed by atoms with Crippen LogP contribution in [0.2, 0.25) is 0 Å². The van der Waals surface area contributed by atoms with Crippen molar-refractivity contribution in [3.8, 4) is 0 Å². The fourth-order valence-electron chi connectivity index (χ4n) is 2.86. The van der Waals surface area contributed by atoms with Gasteiger partial charge in [-0.25, -0.2) is 0 Å². The predicted octanol–water partition coefficient (Wildman–Crippen LogP) is 1.75. The molecule has 1 N–H and O–H groups in total. The zero-order valence-corrected chi connectivity index (χ0v) is 13.0. The van der Waals surface area contributed by atoms with E-state index in [2.05, 4.69) is 37.2 Å². The van der Waals surface area contributed by atoms with Crippen molar-refractivity contribution in [2.45, 2.75) is 52.7 Å². The summed E-state index contributed by atoms with van der Waals surface area (Å²) in [5.41, 5.74) is 3.73. The minimum absolute atomic E-state index is 0.211. The molecule has 0 atom stereocenters. The normalized spacial score (nSPS) is 15.3. The molecule has 0 unspecified atom stereocenters. The van der Waals surface area contributed by atoms with Crippen molar-refractivity contribution < 1.29 is 0 Å². The second-order valence-electron chi connectivity index (χ2n) is 5.72. The van der Waals surface area contributed by atoms with Gasteiger partial charge in [-0.2, -0.15) is 0 Å². The lowest BCUT2D eigenvalue weighted by molar-refractivity contribution is 0.303. The maximum absolute atomic E-state index is 12.6. The molecule has 1 aliphatic heterocycles. The maximum atomic E-state index is 12.6. The monoisotopic (exact) mass is 277 g/mol. The number of nitrogens with zero attached hydrogens (tertiary/aromatic N) is 2. The van der Waals surface area contributed by atoms with Crippen LogP contribution >= 0.6 is 0 Å². The third-order valence-corrected chi connectivity index (χ3v) is 4.04. The molecule has 2 rings (SSSR count). The number of hydrogen-bond acceptors (Lipinski definition) is 3. The number of nitrogens with one attached hydrogen (secondary N) is 1. The van der Waals surface area contributed by atoms with Gasteiger partial charge in [-0.15, -0.1) is 0 Å². The summed E-state index contributed by atoms with van der Waals surface area (Å²) in [6, 6.07) is 2.12. The molecular formula is C16H27N3O. The molecule has 0 saturated heterocycles. The molecule has 0 saturated carbocycles. The van der Waals surface area contributed by atoms with Gasteiger partial charge < -0.3 is 14.8 Å². The lowest BCUT2D eigenvalue weighted by Crippen LogP contribution is -2.36. The lowest BCUT2D eigenvalue weighted by atomic mass is 10.0. The van der Waals surface area contributed by atoms with Crippen LogP contribution in [0.1, 0.15) is 43.5 Å². The third-order valence-electron chi connectivity index (χ3n) is 4.04. The van der Waals surface area contributed by atoms with Crippen LogP contribution < -0.4 is 10.9 Å². The van der Waals surface area contributed by atoms with E-state index in [1.807, 2.05) is 4.57 Å². The highest BCUT2D eigenvalue weighted by molar-refractivity contribution is 5.29. The van der Waals surface area contributed by atoms with Crippen LogP contribution in [0.5, 0.6) is 0 Å². The van der Waals surface area contributed by atoms with E-state index in [0.29, 0.717) is 6.54 Å². The third kappa shape index (κ3) is 3.30. The van der Waals surface area contributed by atoms with Crippen molar-refractivity contribution >= 4 is 0 Å². The van der Waals surface area contributed by atoms with Crippen molar-refractivity contribution in [1.29, 1.82) is 0 Å². The zero-order valence-electron chi connectivity index (χ0n) is 13.0. The quantitative estimate of drug-likeness (QED) is 0.861. The topological polar surface area (TPSA) is 37.3 Å². The highest BCUT2D eigenvalue weighted by atomic mass is 16.1. The SMILES string of the molecule is CCCCn1c2c(cc(CNCC)c1=O)CN(C)CC2. The summed E-state index contributed by atoms with van der Waals surface area (Å²) in [7, 11) is 2.15. The Morgan fingerprint density at radius 2 is 2.15 bits per heavy atom. The molecule has 4 nitrogen and oxygen atoms in total. The van der Waals surface area contributed by atoms with Crippen molar-refractivity contribution in [2.75, 3.05) is 20.1 Å². The first kappa shape index (κ1) is 15.3. The fraction of sp³-hybridized carbons (Fsp3) is 0.688. The van der Waals surface area contributed by atoms with Gasteiger partial charge in [0.25, 0.3) is 5.56 Å². The van der Waals surface area contributed by atoms with Gasteiger partial charge in [0, 0.05) is 43.9 Å². The minimum Gasteiger partial charge on any atom is -0.313 e. The lowest BCUT2D eigenvalue weighted by Gasteiger charge is -2.28. The molecule has 20 heavy (non-hydrogen) atoms. The van der Waals surface area contributed by atoms with Gasteiger partial charge in [-0.1, -0.05) is 20.3 Å². The van der Waals surface area contributed by atoms with Gasteiger partial charge in [0.15, 0.2) is 0 Å². The molecule has 1 aliphatic rings. The van der Waals surface area contributed by atoms with Gasteiger partial charge in [0.1, 0.15) is 0 Å². The van der Waals surface area contributed by atoms with Crippen LogP contribution in [0.4, 0.5) is 0 Å². The van der Waals surface area contributed by atoms with E-state index in [1.165, 1.54) is 11.3 Å². The second kappa shape index (κ2) is 7.04. The summed E-state index contributed by atoms with van der Waals surface area (Å²) in [6.45, 7) is 8.69. The molecule has 112 valence electrons. The minimum atomic E-state index is 0.211. The van der Waals surface area contributed by atoms with Crippen LogP contribution in [0.3, 0.4) is 0 Å². The van der Waals surface area contributed by atoms with Gasteiger partial charge in [-0.05, 0) is 31.6 Å². The Bertz CT molecular complexity index is 507.